The molecule has 0 radical (unpaired) electrons. The summed E-state index contributed by atoms with van der Waals surface area (Å²) in [5.41, 5.74) is 2.51. The lowest BCUT2D eigenvalue weighted by Crippen LogP contribution is -2.24. The van der Waals surface area contributed by atoms with Crippen molar-refractivity contribution in [3.63, 3.8) is 0 Å². The van der Waals surface area contributed by atoms with Crippen LogP contribution in [0.5, 0.6) is 0 Å². The molecule has 0 unspecified atom stereocenters. The number of nitrogens with zero attached hydrogens (tertiary/aromatic N) is 3. The van der Waals surface area contributed by atoms with Crippen molar-refractivity contribution in [2.45, 2.75) is 37.8 Å². The van der Waals surface area contributed by atoms with Gasteiger partial charge in [0.15, 0.2) is 5.16 Å². The molecule has 1 aliphatic rings. The molecule has 1 heterocycles. The molecule has 3 aromatic rings. The van der Waals surface area contributed by atoms with Gasteiger partial charge in [-0.15, -0.1) is 10.2 Å². The van der Waals surface area contributed by atoms with Gasteiger partial charge in [-0.25, -0.2) is 0 Å². The van der Waals surface area contributed by atoms with Gasteiger partial charge in [-0.1, -0.05) is 42.1 Å². The quantitative estimate of drug-likeness (QED) is 0.674. The molecule has 26 heavy (non-hydrogen) atoms. The van der Waals surface area contributed by atoms with Crippen LogP contribution in [0.1, 0.15) is 37.1 Å². The van der Waals surface area contributed by atoms with E-state index >= 15 is 0 Å². The topological polar surface area (TPSA) is 59.8 Å². The molecular formula is C20H22N4OS. The fourth-order valence-corrected chi connectivity index (χ4v) is 4.16. The molecule has 2 aromatic carbocycles. The van der Waals surface area contributed by atoms with Gasteiger partial charge in [-0.3, -0.25) is 9.36 Å². The second kappa shape index (κ2) is 7.11. The number of fused-ring (bicyclic) bond motifs is 1. The highest BCUT2D eigenvalue weighted by atomic mass is 32.2. The Morgan fingerprint density at radius 2 is 1.96 bits per heavy atom. The molecule has 0 atom stereocenters. The Kier molecular flexibility index (Phi) is 4.68. The number of nitrogens with one attached hydrogen (secondary N) is 1. The van der Waals surface area contributed by atoms with E-state index in [9.17, 15) is 4.79 Å². The molecule has 6 heteroatoms. The summed E-state index contributed by atoms with van der Waals surface area (Å²) in [4.78, 5) is 11.8. The Morgan fingerprint density at radius 1 is 1.19 bits per heavy atom. The van der Waals surface area contributed by atoms with E-state index in [1.165, 1.54) is 40.9 Å². The van der Waals surface area contributed by atoms with Gasteiger partial charge < -0.3 is 5.32 Å². The van der Waals surface area contributed by atoms with Crippen molar-refractivity contribution in [2.24, 2.45) is 0 Å². The molecule has 5 nitrogen and oxygen atoms in total. The predicted molar refractivity (Wildman–Crippen MR) is 105 cm³/mol. The molecule has 1 aliphatic carbocycles. The van der Waals surface area contributed by atoms with Crippen molar-refractivity contribution in [3.8, 4) is 5.69 Å². The maximum absolute atomic E-state index is 11.8. The van der Waals surface area contributed by atoms with E-state index in [2.05, 4.69) is 56.5 Å². The summed E-state index contributed by atoms with van der Waals surface area (Å²) >= 11 is 1.42. The zero-order chi connectivity index (χ0) is 18.1. The lowest BCUT2D eigenvalue weighted by molar-refractivity contribution is -0.118. The zero-order valence-corrected chi connectivity index (χ0v) is 15.8. The number of aromatic nitrogens is 3. The highest BCUT2D eigenvalue weighted by Crippen LogP contribution is 2.44. The third-order valence-electron chi connectivity index (χ3n) is 4.69. The second-order valence-electron chi connectivity index (χ2n) is 6.60. The van der Waals surface area contributed by atoms with Crippen LogP contribution < -0.4 is 5.32 Å². The van der Waals surface area contributed by atoms with Crippen molar-refractivity contribution in [1.82, 2.24) is 20.1 Å². The fourth-order valence-electron chi connectivity index (χ4n) is 3.34. The molecule has 1 aromatic heterocycles. The number of hydrogen-bond acceptors (Lipinski definition) is 4. The van der Waals surface area contributed by atoms with E-state index < -0.39 is 0 Å². The number of rotatable bonds is 6. The standard InChI is InChI=1S/C20H22N4OS/c1-3-21-19(25)12-26-20-23-22-13(2)24(20)18-11-10-15(14-8-9-14)16-6-4-5-7-17(16)18/h4-7,10-11,14H,3,8-9,12H2,1-2H3,(H,21,25). The summed E-state index contributed by atoms with van der Waals surface area (Å²) < 4.78 is 2.06. The normalized spacial score (nSPS) is 13.9. The Morgan fingerprint density at radius 3 is 2.69 bits per heavy atom. The molecule has 1 N–H and O–H groups in total. The van der Waals surface area contributed by atoms with Crippen LogP contribution in [0.15, 0.2) is 41.6 Å². The van der Waals surface area contributed by atoms with Crippen molar-refractivity contribution < 1.29 is 4.79 Å². The number of hydrogen-bond donors (Lipinski definition) is 1. The molecule has 4 rings (SSSR count). The Labute approximate surface area is 157 Å². The Bertz CT molecular complexity index is 962. The van der Waals surface area contributed by atoms with Crippen molar-refractivity contribution >= 4 is 28.4 Å². The number of carbonyl (C=O) groups excluding carboxylic acids is 1. The van der Waals surface area contributed by atoms with E-state index in [0.717, 1.165) is 16.7 Å². The second-order valence-corrected chi connectivity index (χ2v) is 7.54. The van der Waals surface area contributed by atoms with Gasteiger partial charge in [0.05, 0.1) is 11.4 Å². The summed E-state index contributed by atoms with van der Waals surface area (Å²) in [6.07, 6.45) is 2.56. The molecule has 1 amide bonds. The summed E-state index contributed by atoms with van der Waals surface area (Å²) in [5.74, 6) is 1.87. The van der Waals surface area contributed by atoms with Crippen LogP contribution in [0.2, 0.25) is 0 Å². The SMILES string of the molecule is CCNC(=O)CSc1nnc(C)n1-c1ccc(C2CC2)c2ccccc12. The van der Waals surface area contributed by atoms with Crippen molar-refractivity contribution in [1.29, 1.82) is 0 Å². The van der Waals surface area contributed by atoms with E-state index in [1.807, 2.05) is 13.8 Å². The first-order valence-corrected chi connectivity index (χ1v) is 10.0. The third-order valence-corrected chi connectivity index (χ3v) is 5.62. The van der Waals surface area contributed by atoms with Crippen LogP contribution >= 0.6 is 11.8 Å². The maximum Gasteiger partial charge on any atom is 0.230 e. The van der Waals surface area contributed by atoms with Gasteiger partial charge in [-0.2, -0.15) is 0 Å². The molecule has 0 saturated heterocycles. The smallest absolute Gasteiger partial charge is 0.230 e. The molecule has 0 aliphatic heterocycles. The monoisotopic (exact) mass is 366 g/mol. The van der Waals surface area contributed by atoms with Gasteiger partial charge >= 0.3 is 0 Å². The van der Waals surface area contributed by atoms with Crippen LogP contribution in [0.4, 0.5) is 0 Å². The number of amides is 1. The lowest BCUT2D eigenvalue weighted by atomic mass is 9.99. The van der Waals surface area contributed by atoms with E-state index in [4.69, 9.17) is 0 Å². The minimum Gasteiger partial charge on any atom is -0.356 e. The number of aryl methyl sites for hydroxylation is 1. The lowest BCUT2D eigenvalue weighted by Gasteiger charge is -2.14. The minimum atomic E-state index is 0.0126. The van der Waals surface area contributed by atoms with Crippen molar-refractivity contribution in [3.05, 3.63) is 47.8 Å². The van der Waals surface area contributed by atoms with E-state index in [1.54, 1.807) is 0 Å². The summed E-state index contributed by atoms with van der Waals surface area (Å²) in [6, 6.07) is 12.9. The van der Waals surface area contributed by atoms with Crippen LogP contribution in [0.25, 0.3) is 16.5 Å². The highest BCUT2D eigenvalue weighted by Gasteiger charge is 2.26. The zero-order valence-electron chi connectivity index (χ0n) is 15.0. The summed E-state index contributed by atoms with van der Waals surface area (Å²) in [7, 11) is 0. The van der Waals surface area contributed by atoms with E-state index in [0.29, 0.717) is 18.2 Å². The van der Waals surface area contributed by atoms with Crippen LogP contribution in [-0.2, 0) is 4.79 Å². The Hall–Kier alpha value is -2.34. The van der Waals surface area contributed by atoms with Crippen LogP contribution in [-0.4, -0.2) is 33.0 Å². The van der Waals surface area contributed by atoms with E-state index in [-0.39, 0.29) is 5.91 Å². The van der Waals surface area contributed by atoms with Gasteiger partial charge in [0, 0.05) is 11.9 Å². The molecule has 1 fully saturated rings. The molecular weight excluding hydrogens is 344 g/mol. The molecule has 1 saturated carbocycles. The highest BCUT2D eigenvalue weighted by molar-refractivity contribution is 7.99. The number of thioether (sulfide) groups is 1. The predicted octanol–water partition coefficient (Wildman–Crippen LogP) is 3.83. The molecule has 134 valence electrons. The first-order valence-electron chi connectivity index (χ1n) is 9.02. The molecule has 0 spiro atoms. The van der Waals surface area contributed by atoms with Gasteiger partial charge in [-0.05, 0) is 49.6 Å². The minimum absolute atomic E-state index is 0.0126. The average molecular weight is 366 g/mol. The summed E-state index contributed by atoms with van der Waals surface area (Å²) in [5, 5.41) is 14.6. The van der Waals surface area contributed by atoms with Gasteiger partial charge in [0.25, 0.3) is 0 Å². The number of carbonyl (C=O) groups is 1. The van der Waals surface area contributed by atoms with Crippen LogP contribution in [0.3, 0.4) is 0 Å². The fraction of sp³-hybridized carbons (Fsp3) is 0.350. The largest absolute Gasteiger partial charge is 0.356 e. The summed E-state index contributed by atoms with van der Waals surface area (Å²) in [6.45, 7) is 4.51. The van der Waals surface area contributed by atoms with Crippen LogP contribution in [0, 0.1) is 6.92 Å². The molecule has 0 bridgehead atoms. The third kappa shape index (κ3) is 3.21. The number of benzene rings is 2. The first kappa shape index (κ1) is 17.1. The average Bonchev–Trinajstić information content (AvgIpc) is 3.43. The van der Waals surface area contributed by atoms with Crippen molar-refractivity contribution in [2.75, 3.05) is 12.3 Å². The Balaban J connectivity index is 1.75. The van der Waals surface area contributed by atoms with Gasteiger partial charge in [0.2, 0.25) is 5.91 Å². The maximum atomic E-state index is 11.8. The first-order chi connectivity index (χ1) is 12.7. The van der Waals surface area contributed by atoms with Gasteiger partial charge in [0.1, 0.15) is 5.82 Å².